The summed E-state index contributed by atoms with van der Waals surface area (Å²) >= 11 is 0. The van der Waals surface area contributed by atoms with Crippen LogP contribution in [-0.4, -0.2) is 79.4 Å². The normalized spacial score (nSPS) is 17.0. The number of piperidine rings is 1. The first-order valence-electron chi connectivity index (χ1n) is 12.9. The zero-order valence-corrected chi connectivity index (χ0v) is 21.5. The smallest absolute Gasteiger partial charge is 0.237 e. The van der Waals surface area contributed by atoms with Crippen molar-refractivity contribution in [1.29, 1.82) is 0 Å². The Morgan fingerprint density at radius 2 is 1.73 bits per heavy atom. The second-order valence-corrected chi connectivity index (χ2v) is 9.11. The number of ether oxygens (including phenoxy) is 3. The lowest BCUT2D eigenvalue weighted by Gasteiger charge is -2.38. The summed E-state index contributed by atoms with van der Waals surface area (Å²) in [6.45, 7) is 3.72. The van der Waals surface area contributed by atoms with E-state index in [4.69, 9.17) is 25.9 Å². The van der Waals surface area contributed by atoms with Crippen molar-refractivity contribution >= 4 is 5.91 Å². The lowest BCUT2D eigenvalue weighted by molar-refractivity contribution is -0.134. The molecule has 1 amide bonds. The van der Waals surface area contributed by atoms with Crippen LogP contribution in [0.25, 0.3) is 0 Å². The van der Waals surface area contributed by atoms with Gasteiger partial charge in [0.1, 0.15) is 18.6 Å². The number of rotatable bonds is 16. The lowest BCUT2D eigenvalue weighted by Crippen LogP contribution is -2.54. The summed E-state index contributed by atoms with van der Waals surface area (Å²) in [4.78, 5) is 14.8. The molecule has 0 radical (unpaired) electrons. The van der Waals surface area contributed by atoms with E-state index in [1.807, 2.05) is 59.5 Å². The molecule has 37 heavy (non-hydrogen) atoms. The molecule has 10 heteroatoms. The molecule has 0 aromatic heterocycles. The van der Waals surface area contributed by atoms with Crippen molar-refractivity contribution in [2.45, 2.75) is 44.6 Å². The number of carbonyl (C=O) groups excluding carboxylic acids is 1. The van der Waals surface area contributed by atoms with Gasteiger partial charge in [-0.1, -0.05) is 48.9 Å². The predicted octanol–water partition coefficient (Wildman–Crippen LogP) is 1.18. The number of nitrogens with two attached hydrogens (primary N) is 2. The van der Waals surface area contributed by atoms with Gasteiger partial charge in [-0.15, -0.1) is 0 Å². The molecule has 1 unspecified atom stereocenters. The van der Waals surface area contributed by atoms with Crippen LogP contribution in [0, 0.1) is 0 Å². The Balaban J connectivity index is 1.37. The highest BCUT2D eigenvalue weighted by Crippen LogP contribution is 2.22. The van der Waals surface area contributed by atoms with Gasteiger partial charge in [-0.25, -0.2) is 0 Å². The van der Waals surface area contributed by atoms with E-state index in [1.165, 1.54) is 0 Å². The number of likely N-dealkylation sites (tertiary alicyclic amines) is 1. The number of nitrogens with zero attached hydrogens (tertiary/aromatic N) is 2. The molecular weight excluding hydrogens is 474 g/mol. The van der Waals surface area contributed by atoms with Crippen molar-refractivity contribution in [2.24, 2.45) is 11.7 Å². The van der Waals surface area contributed by atoms with E-state index >= 15 is 0 Å². The molecule has 6 N–H and O–H groups in total. The zero-order valence-electron chi connectivity index (χ0n) is 21.5. The van der Waals surface area contributed by atoms with E-state index in [0.29, 0.717) is 59.1 Å². The number of carbonyl (C=O) groups is 1. The van der Waals surface area contributed by atoms with Crippen LogP contribution in [0.1, 0.15) is 30.4 Å². The molecular formula is C27H41N5O5. The molecule has 1 aliphatic heterocycles. The summed E-state index contributed by atoms with van der Waals surface area (Å²) in [5.41, 5.74) is 2.10. The monoisotopic (exact) mass is 515 g/mol. The highest BCUT2D eigenvalue weighted by Gasteiger charge is 2.32. The SMILES string of the molecule is NN(N)CCOCCOCCNC(=O)C1CCCCN1[C@@H](O)Cc1ccc(OCc2ccccc2)cc1. The van der Waals surface area contributed by atoms with Gasteiger partial charge < -0.3 is 24.6 Å². The number of hydrogen-bond acceptors (Lipinski definition) is 9. The predicted molar refractivity (Wildman–Crippen MR) is 141 cm³/mol. The van der Waals surface area contributed by atoms with Crippen molar-refractivity contribution in [3.05, 3.63) is 65.7 Å². The van der Waals surface area contributed by atoms with Crippen molar-refractivity contribution in [1.82, 2.24) is 15.3 Å². The highest BCUT2D eigenvalue weighted by atomic mass is 16.5. The average molecular weight is 516 g/mol. The molecule has 0 saturated carbocycles. The van der Waals surface area contributed by atoms with Gasteiger partial charge in [-0.2, -0.15) is 5.12 Å². The van der Waals surface area contributed by atoms with Gasteiger partial charge in [0.2, 0.25) is 5.91 Å². The van der Waals surface area contributed by atoms with Gasteiger partial charge in [0, 0.05) is 19.5 Å². The lowest BCUT2D eigenvalue weighted by atomic mass is 9.99. The first-order valence-corrected chi connectivity index (χ1v) is 12.9. The number of aliphatic hydroxyl groups excluding tert-OH is 1. The molecule has 0 spiro atoms. The number of hydrogen-bond donors (Lipinski definition) is 4. The summed E-state index contributed by atoms with van der Waals surface area (Å²) in [5.74, 6) is 11.3. The Morgan fingerprint density at radius 1 is 1.00 bits per heavy atom. The fraction of sp³-hybridized carbons (Fsp3) is 0.519. The molecule has 0 aliphatic carbocycles. The summed E-state index contributed by atoms with van der Waals surface area (Å²) in [7, 11) is 0. The first kappa shape index (κ1) is 29.0. The Morgan fingerprint density at radius 3 is 2.46 bits per heavy atom. The molecule has 2 aromatic rings. The third-order valence-corrected chi connectivity index (χ3v) is 6.23. The minimum absolute atomic E-state index is 0.0748. The van der Waals surface area contributed by atoms with E-state index in [1.54, 1.807) is 0 Å². The topological polar surface area (TPSA) is 136 Å². The summed E-state index contributed by atoms with van der Waals surface area (Å²) < 4.78 is 16.7. The quantitative estimate of drug-likeness (QED) is 0.148. The van der Waals surface area contributed by atoms with Crippen LogP contribution in [0.3, 0.4) is 0 Å². The van der Waals surface area contributed by atoms with Crippen LogP contribution in [0.2, 0.25) is 0 Å². The molecule has 1 saturated heterocycles. The third kappa shape index (κ3) is 10.7. The van der Waals surface area contributed by atoms with E-state index in [0.717, 1.165) is 41.3 Å². The average Bonchev–Trinajstić information content (AvgIpc) is 2.92. The molecule has 2 atom stereocenters. The van der Waals surface area contributed by atoms with Crippen molar-refractivity contribution in [3.8, 4) is 5.75 Å². The van der Waals surface area contributed by atoms with Gasteiger partial charge in [0.25, 0.3) is 0 Å². The molecule has 1 fully saturated rings. The van der Waals surface area contributed by atoms with Crippen LogP contribution in [0.4, 0.5) is 0 Å². The number of nitrogens with one attached hydrogen (secondary N) is 1. The molecule has 10 nitrogen and oxygen atoms in total. The molecule has 2 aromatic carbocycles. The highest BCUT2D eigenvalue weighted by molar-refractivity contribution is 5.81. The number of aliphatic hydroxyl groups is 1. The van der Waals surface area contributed by atoms with E-state index in [9.17, 15) is 9.90 Å². The largest absolute Gasteiger partial charge is 0.489 e. The second-order valence-electron chi connectivity index (χ2n) is 9.11. The second kappa shape index (κ2) is 16.3. The summed E-state index contributed by atoms with van der Waals surface area (Å²) in [6.07, 6.45) is 2.35. The summed E-state index contributed by atoms with van der Waals surface area (Å²) in [5, 5.41) is 15.0. The van der Waals surface area contributed by atoms with Crippen LogP contribution in [-0.2, 0) is 27.3 Å². The van der Waals surface area contributed by atoms with Gasteiger partial charge in [0.15, 0.2) is 0 Å². The van der Waals surface area contributed by atoms with E-state index in [-0.39, 0.29) is 11.9 Å². The summed E-state index contributed by atoms with van der Waals surface area (Å²) in [6, 6.07) is 17.4. The fourth-order valence-corrected chi connectivity index (χ4v) is 4.24. The minimum atomic E-state index is -0.737. The maximum atomic E-state index is 12.8. The fourth-order valence-electron chi connectivity index (χ4n) is 4.24. The minimum Gasteiger partial charge on any atom is -0.489 e. The van der Waals surface area contributed by atoms with Crippen LogP contribution in [0.5, 0.6) is 5.75 Å². The Hall–Kier alpha value is -2.57. The molecule has 3 rings (SSSR count). The Bertz CT molecular complexity index is 900. The maximum Gasteiger partial charge on any atom is 0.237 e. The third-order valence-electron chi connectivity index (χ3n) is 6.23. The van der Waals surface area contributed by atoms with Crippen molar-refractivity contribution in [3.63, 3.8) is 0 Å². The van der Waals surface area contributed by atoms with Gasteiger partial charge >= 0.3 is 0 Å². The Labute approximate surface area is 219 Å². The van der Waals surface area contributed by atoms with E-state index in [2.05, 4.69) is 5.32 Å². The molecule has 0 bridgehead atoms. The zero-order chi connectivity index (χ0) is 26.3. The van der Waals surface area contributed by atoms with Gasteiger partial charge in [-0.05, 0) is 36.1 Å². The van der Waals surface area contributed by atoms with Crippen LogP contribution >= 0.6 is 0 Å². The first-order chi connectivity index (χ1) is 18.0. The maximum absolute atomic E-state index is 12.8. The van der Waals surface area contributed by atoms with Crippen molar-refractivity contribution < 1.29 is 24.1 Å². The van der Waals surface area contributed by atoms with Gasteiger partial charge in [-0.3, -0.25) is 21.4 Å². The molecule has 1 heterocycles. The van der Waals surface area contributed by atoms with Gasteiger partial charge in [0.05, 0.1) is 39.0 Å². The Kier molecular flexibility index (Phi) is 12.8. The van der Waals surface area contributed by atoms with Crippen molar-refractivity contribution in [2.75, 3.05) is 46.1 Å². The number of benzene rings is 2. The van der Waals surface area contributed by atoms with Crippen LogP contribution < -0.4 is 21.7 Å². The molecule has 204 valence electrons. The standard InChI is InChI=1S/C27H41N5O5/c28-32(29)15-17-36-19-18-35-16-13-30-27(34)25-8-4-5-14-31(25)26(33)20-22-9-11-24(12-10-22)37-21-23-6-2-1-3-7-23/h1-3,6-7,9-12,25-26,33H,4-5,8,13-21,28-29H2,(H,30,34)/t25?,26-/m0/s1. The number of amides is 1. The van der Waals surface area contributed by atoms with E-state index < -0.39 is 6.23 Å². The van der Waals surface area contributed by atoms with Crippen LogP contribution in [0.15, 0.2) is 54.6 Å². The molecule has 1 aliphatic rings. The number of hydrazine groups is 2.